The lowest BCUT2D eigenvalue weighted by Crippen LogP contribution is -3.00. The molecule has 0 spiro atoms. The number of amides is 2. The number of aromatic nitrogens is 2. The number of hydrogen-bond acceptors (Lipinski definition) is 14. The average Bonchev–Trinajstić information content (AvgIpc) is 3.73. The summed E-state index contributed by atoms with van der Waals surface area (Å²) in [5.41, 5.74) is 7.68. The van der Waals surface area contributed by atoms with Gasteiger partial charge in [-0.1, -0.05) is 19.0 Å². The summed E-state index contributed by atoms with van der Waals surface area (Å²) in [6.45, 7) is 5.25. The van der Waals surface area contributed by atoms with Gasteiger partial charge >= 0.3 is 0 Å². The van der Waals surface area contributed by atoms with Crippen LogP contribution in [0.4, 0.5) is 48.7 Å². The molecule has 0 aliphatic carbocycles. The molecule has 22 heteroatoms. The molecule has 0 bridgehead atoms. The van der Waals surface area contributed by atoms with Crippen molar-refractivity contribution in [3.05, 3.63) is 132 Å². The number of nitrogens with zero attached hydrogens (tertiary/aromatic N) is 4. The number of nitrogens with one attached hydrogen (secondary N) is 5. The van der Waals surface area contributed by atoms with Gasteiger partial charge in [0.15, 0.2) is 0 Å². The van der Waals surface area contributed by atoms with Crippen molar-refractivity contribution in [1.82, 2.24) is 20.6 Å². The first kappa shape index (κ1) is 47.9. The molecule has 2 amide bonds. The van der Waals surface area contributed by atoms with Gasteiger partial charge in [-0.3, -0.25) is 29.8 Å². The van der Waals surface area contributed by atoms with E-state index in [9.17, 15) is 38.6 Å². The van der Waals surface area contributed by atoms with Gasteiger partial charge in [0.05, 0.1) is 32.3 Å². The van der Waals surface area contributed by atoms with Crippen LogP contribution in [0.3, 0.4) is 0 Å². The Morgan fingerprint density at radius 3 is 1.74 bits per heavy atom. The second kappa shape index (κ2) is 19.7. The van der Waals surface area contributed by atoms with Crippen molar-refractivity contribution in [1.29, 1.82) is 0 Å². The van der Waals surface area contributed by atoms with Crippen LogP contribution in [0.15, 0.2) is 84.9 Å². The van der Waals surface area contributed by atoms with E-state index in [1.807, 2.05) is 50.2 Å². The van der Waals surface area contributed by atoms with Gasteiger partial charge in [0, 0.05) is 80.4 Å². The Kier molecular flexibility index (Phi) is 14.5. The largest absolute Gasteiger partial charge is 1.00 e. The van der Waals surface area contributed by atoms with Crippen LogP contribution in [0.5, 0.6) is 0 Å². The Labute approximate surface area is 398 Å². The van der Waals surface area contributed by atoms with E-state index in [0.29, 0.717) is 34.5 Å². The highest BCUT2D eigenvalue weighted by molar-refractivity contribution is 7.22. The first-order valence-corrected chi connectivity index (χ1v) is 21.0. The third-order valence-corrected chi connectivity index (χ3v) is 12.5. The highest BCUT2D eigenvalue weighted by Crippen LogP contribution is 2.43. The molecular formula is C43H37ClF2IN10O6S2-. The number of nitro groups is 2. The van der Waals surface area contributed by atoms with E-state index in [2.05, 4.69) is 36.6 Å². The van der Waals surface area contributed by atoms with Crippen LogP contribution in [0.1, 0.15) is 40.6 Å². The van der Waals surface area contributed by atoms with E-state index < -0.39 is 21.5 Å². The minimum Gasteiger partial charge on any atom is -1.00 e. The maximum atomic E-state index is 13.6. The minimum atomic E-state index is -0.658. The van der Waals surface area contributed by atoms with Crippen molar-refractivity contribution in [2.45, 2.75) is 33.4 Å². The lowest BCUT2D eigenvalue weighted by atomic mass is 10.1. The van der Waals surface area contributed by atoms with E-state index in [1.54, 1.807) is 12.1 Å². The Balaban J connectivity index is 0.000000178. The summed E-state index contributed by atoms with van der Waals surface area (Å²) in [4.78, 5) is 55.3. The van der Waals surface area contributed by atoms with Crippen molar-refractivity contribution in [3.8, 4) is 0 Å². The number of nitrogen functional groups attached to an aromatic ring is 1. The quantitative estimate of drug-likeness (QED) is 0.0333. The van der Waals surface area contributed by atoms with Crippen molar-refractivity contribution in [2.24, 2.45) is 0 Å². The highest BCUT2D eigenvalue weighted by atomic mass is 127. The summed E-state index contributed by atoms with van der Waals surface area (Å²) in [6.07, 6.45) is 0. The Hall–Kier alpha value is -6.56. The zero-order valence-electron chi connectivity index (χ0n) is 33.3. The number of carbonyl (C=O) groups is 2. The van der Waals surface area contributed by atoms with Gasteiger partial charge in [-0.25, -0.2) is 18.7 Å². The fraction of sp³-hybridized carbons (Fsp3) is 0.163. The van der Waals surface area contributed by atoms with E-state index in [1.165, 1.54) is 22.7 Å². The number of halogens is 4. The Bertz CT molecular complexity index is 3190. The molecule has 0 saturated carbocycles. The molecule has 4 aromatic heterocycles. The maximum Gasteiger partial charge on any atom is 0.292 e. The molecule has 8 aromatic rings. The number of pyridine rings is 2. The number of nitro benzene ring substituents is 2. The van der Waals surface area contributed by atoms with Gasteiger partial charge in [0.25, 0.3) is 23.2 Å². The molecule has 6 heterocycles. The molecule has 7 N–H and O–H groups in total. The van der Waals surface area contributed by atoms with Gasteiger partial charge in [0.1, 0.15) is 43.7 Å². The number of rotatable bonds is 4. The SMILES string of the molecule is C.C[C@@H]1CNc2c(sc3ccc4nc(Cl)ccc4c23)C(=O)N1.C[C@@H]1CNc2c(sc3ccc4nc(Nc5cc(F)ccc5[N+](=O)[O-])ccc4c23)C(=O)N1.Nc1cc(F)ccc1[N+](=O)[O-].[I-]. The first-order valence-electron chi connectivity index (χ1n) is 19.0. The number of carbonyl (C=O) groups excluding carboxylic acids is 2. The molecule has 2 aliphatic rings. The molecule has 0 fully saturated rings. The number of nitrogens with two attached hydrogens (primary N) is 1. The molecule has 65 heavy (non-hydrogen) atoms. The predicted octanol–water partition coefficient (Wildman–Crippen LogP) is 7.39. The highest BCUT2D eigenvalue weighted by Gasteiger charge is 2.26. The number of anilines is 5. The minimum absolute atomic E-state index is 0. The summed E-state index contributed by atoms with van der Waals surface area (Å²) >= 11 is 8.89. The average molecular weight is 1050 g/mol. The monoisotopic (exact) mass is 1050 g/mol. The van der Waals surface area contributed by atoms with Crippen LogP contribution in [0, 0.1) is 31.9 Å². The van der Waals surface area contributed by atoms with Crippen LogP contribution >= 0.6 is 34.3 Å². The fourth-order valence-corrected chi connectivity index (χ4v) is 9.44. The van der Waals surface area contributed by atoms with Crippen molar-refractivity contribution >= 4 is 128 Å². The molecule has 2 atom stereocenters. The molecule has 336 valence electrons. The summed E-state index contributed by atoms with van der Waals surface area (Å²) in [5, 5.41) is 41.3. The van der Waals surface area contributed by atoms with Gasteiger partial charge < -0.3 is 56.3 Å². The van der Waals surface area contributed by atoms with Gasteiger partial charge in [-0.05, 0) is 74.5 Å². The predicted molar refractivity (Wildman–Crippen MR) is 251 cm³/mol. The van der Waals surface area contributed by atoms with Crippen LogP contribution in [0.2, 0.25) is 5.15 Å². The van der Waals surface area contributed by atoms with Crippen LogP contribution in [0.25, 0.3) is 42.0 Å². The molecule has 10 rings (SSSR count). The number of thiophene rings is 2. The zero-order valence-corrected chi connectivity index (χ0v) is 37.8. The molecule has 16 nitrogen and oxygen atoms in total. The Morgan fingerprint density at radius 2 is 1.22 bits per heavy atom. The molecular weight excluding hydrogens is 1020 g/mol. The van der Waals surface area contributed by atoms with Gasteiger partial charge in [-0.15, -0.1) is 22.7 Å². The third kappa shape index (κ3) is 9.91. The number of hydrogen-bond donors (Lipinski definition) is 6. The van der Waals surface area contributed by atoms with Gasteiger partial charge in [0.2, 0.25) is 0 Å². The van der Waals surface area contributed by atoms with E-state index in [0.717, 1.165) is 89.1 Å². The van der Waals surface area contributed by atoms with Crippen molar-refractivity contribution in [2.75, 3.05) is 34.8 Å². The van der Waals surface area contributed by atoms with Gasteiger partial charge in [-0.2, -0.15) is 0 Å². The first-order chi connectivity index (χ1) is 30.1. The van der Waals surface area contributed by atoms with Crippen LogP contribution in [-0.4, -0.2) is 56.8 Å². The molecule has 0 saturated heterocycles. The summed E-state index contributed by atoms with van der Waals surface area (Å²) in [7, 11) is 0. The van der Waals surface area contributed by atoms with E-state index >= 15 is 0 Å². The topological polar surface area (TPSA) is 232 Å². The normalized spacial score (nSPS) is 15.0. The molecule has 4 aromatic carbocycles. The smallest absolute Gasteiger partial charge is 0.292 e. The Morgan fingerprint density at radius 1 is 0.723 bits per heavy atom. The second-order valence-electron chi connectivity index (χ2n) is 14.5. The lowest BCUT2D eigenvalue weighted by Gasteiger charge is -2.11. The standard InChI is InChI=1S/C21H16FN5O3S.C15H12ClN3OS.C6H5FN2O2.CH4.HI/c1-10-9-23-19-18-12-3-7-17(26-14-8-11(22)2-5-15(14)27(29)30)25-13(12)4-6-16(18)31-20(19)21(28)24-10;1-7-6-17-13-12-8-2-5-11(16)19-9(8)3-4-10(12)21-14(13)15(20)18-7;7-4-1-2-6(9(10)11)5(8)3-4;;/h2-8,10,23H,9H2,1H3,(H,24,28)(H,25,26);2-5,7,17H,6H2,1H3,(H,18,20);1-3H,8H2;1H4;1H/p-1/t10-;7-;;;/m11.../s1. The van der Waals surface area contributed by atoms with E-state index in [-0.39, 0.29) is 78.1 Å². The third-order valence-electron chi connectivity index (χ3n) is 9.95. The summed E-state index contributed by atoms with van der Waals surface area (Å²) in [6, 6.07) is 21.2. The van der Waals surface area contributed by atoms with Crippen molar-refractivity contribution in [3.63, 3.8) is 0 Å². The molecule has 0 radical (unpaired) electrons. The second-order valence-corrected chi connectivity index (χ2v) is 17.0. The molecule has 2 aliphatic heterocycles. The summed E-state index contributed by atoms with van der Waals surface area (Å²) < 4.78 is 28.0. The lowest BCUT2D eigenvalue weighted by molar-refractivity contribution is -0.384. The fourth-order valence-electron chi connectivity index (χ4n) is 7.09. The maximum absolute atomic E-state index is 13.6. The summed E-state index contributed by atoms with van der Waals surface area (Å²) in [5.74, 6) is -0.935. The van der Waals surface area contributed by atoms with Crippen molar-refractivity contribution < 1.29 is 52.2 Å². The molecule has 0 unspecified atom stereocenters. The van der Waals surface area contributed by atoms with Crippen LogP contribution in [-0.2, 0) is 0 Å². The number of benzene rings is 4. The zero-order chi connectivity index (χ0) is 44.7. The van der Waals surface area contributed by atoms with E-state index in [4.69, 9.17) is 17.3 Å². The van der Waals surface area contributed by atoms with Crippen LogP contribution < -0.4 is 56.3 Å². The number of fused-ring (bicyclic) bond motifs is 10.